The second kappa shape index (κ2) is 9.45. The van der Waals surface area contributed by atoms with Gasteiger partial charge in [0.05, 0.1) is 29.8 Å². The predicted molar refractivity (Wildman–Crippen MR) is 162 cm³/mol. The summed E-state index contributed by atoms with van der Waals surface area (Å²) in [6, 6.07) is 20.8. The zero-order chi connectivity index (χ0) is 28.7. The number of carbonyl (C=O) groups excluding carboxylic acids is 1. The van der Waals surface area contributed by atoms with Gasteiger partial charge in [0.15, 0.2) is 5.75 Å². The molecule has 1 aromatic heterocycles. The molecule has 0 saturated heterocycles. The van der Waals surface area contributed by atoms with Crippen molar-refractivity contribution in [3.63, 3.8) is 0 Å². The normalized spacial score (nSPS) is 26.8. The number of phosphoric ester groups is 1. The minimum Gasteiger partial charge on any atom is -0.402 e. The number of alkyl halides is 1. The van der Waals surface area contributed by atoms with Crippen LogP contribution in [0.5, 0.6) is 5.75 Å². The van der Waals surface area contributed by atoms with Crippen molar-refractivity contribution in [2.75, 3.05) is 17.3 Å². The molecule has 4 atom stereocenters. The largest absolute Gasteiger partial charge is 0.530 e. The number of aromatic nitrogens is 1. The molecule has 1 spiro atoms. The number of hydrogen-bond acceptors (Lipinski definition) is 5. The molecule has 0 bridgehead atoms. The van der Waals surface area contributed by atoms with Crippen molar-refractivity contribution in [2.45, 2.75) is 45.3 Å². The lowest BCUT2D eigenvalue weighted by Gasteiger charge is -2.30. The Bertz CT molecular complexity index is 1710. The van der Waals surface area contributed by atoms with Crippen LogP contribution in [0.3, 0.4) is 0 Å². The average molecular weight is 603 g/mol. The Hall–Kier alpha value is -3.09. The number of benzene rings is 3. The summed E-state index contributed by atoms with van der Waals surface area (Å²) < 4.78 is 32.4. The van der Waals surface area contributed by atoms with Gasteiger partial charge >= 0.3 is 7.82 Å². The summed E-state index contributed by atoms with van der Waals surface area (Å²) in [5.74, 6) is 1.65. The van der Waals surface area contributed by atoms with Crippen molar-refractivity contribution in [3.05, 3.63) is 95.2 Å². The third-order valence-corrected chi connectivity index (χ3v) is 11.7. The van der Waals surface area contributed by atoms with Gasteiger partial charge in [0, 0.05) is 36.0 Å². The van der Waals surface area contributed by atoms with E-state index in [1.807, 2.05) is 84.8 Å². The summed E-state index contributed by atoms with van der Waals surface area (Å²) in [5, 5.41) is 0.946. The molecule has 1 N–H and O–H groups in total. The Balaban J connectivity index is 1.17. The molecule has 8 rings (SSSR count). The third kappa shape index (κ3) is 3.94. The van der Waals surface area contributed by atoms with Crippen LogP contribution in [0.2, 0.25) is 0 Å². The first-order valence-electron chi connectivity index (χ1n) is 14.6. The molecule has 4 aromatic rings. The fourth-order valence-electron chi connectivity index (χ4n) is 7.71. The number of rotatable bonds is 10. The van der Waals surface area contributed by atoms with Crippen molar-refractivity contribution < 1.29 is 22.9 Å². The lowest BCUT2D eigenvalue weighted by molar-refractivity contribution is -0.126. The van der Waals surface area contributed by atoms with Crippen LogP contribution in [0.25, 0.3) is 10.9 Å². The van der Waals surface area contributed by atoms with E-state index in [9.17, 15) is 9.36 Å². The van der Waals surface area contributed by atoms with Gasteiger partial charge in [-0.1, -0.05) is 60.7 Å². The zero-order valence-electron chi connectivity index (χ0n) is 23.3. The lowest BCUT2D eigenvalue weighted by atomic mass is 9.83. The number of H-pyrrole nitrogens is 1. The number of nitrogens with zero attached hydrogens (tertiary/aromatic N) is 1. The Labute approximate surface area is 249 Å². The van der Waals surface area contributed by atoms with Crippen molar-refractivity contribution in [3.8, 4) is 5.75 Å². The topological polar surface area (TPSA) is 80.9 Å². The highest BCUT2D eigenvalue weighted by Gasteiger charge is 2.91. The number of nitrogens with one attached hydrogen (secondary N) is 1. The SMILES string of the molecule is Cc1c[nH]c2c(OP(=O)(OCc3ccccc3)OCc3ccccc3)cc3c(c12)[C@H](CCl)CN3C(=O)C12CC3CC31C2. The van der Waals surface area contributed by atoms with Gasteiger partial charge in [0.1, 0.15) is 0 Å². The maximum absolute atomic E-state index is 14.3. The fraction of sp³-hybridized carbons (Fsp3) is 0.364. The molecular formula is C33H32ClN2O5P. The predicted octanol–water partition coefficient (Wildman–Crippen LogP) is 7.87. The molecule has 2 heterocycles. The molecule has 4 aliphatic rings. The van der Waals surface area contributed by atoms with Gasteiger partial charge in [-0.3, -0.25) is 13.8 Å². The number of amides is 1. The standard InChI is InChI=1S/C33H32ClN2O5P/c1-21-16-35-30-27(41-42(38,39-18-22-8-4-2-5-9-22)40-19-23-10-6-3-7-11-23)12-26-29(28(21)30)24(15-34)17-36(26)31(37)33-14-25-13-32(25,33)20-33/h2-12,16,24-25,35H,13-15,17-20H2,1H3/t24-,25?,32?,33?/m1/s1. The Kier molecular flexibility index (Phi) is 5.97. The Morgan fingerprint density at radius 3 is 2.26 bits per heavy atom. The molecule has 42 heavy (non-hydrogen) atoms. The van der Waals surface area contributed by atoms with E-state index in [1.165, 1.54) is 6.42 Å². The molecule has 7 nitrogen and oxygen atoms in total. The van der Waals surface area contributed by atoms with Crippen LogP contribution in [0.1, 0.15) is 47.4 Å². The van der Waals surface area contributed by atoms with Gasteiger partial charge in [-0.2, -0.15) is 0 Å². The van der Waals surface area contributed by atoms with Crippen molar-refractivity contribution in [1.29, 1.82) is 0 Å². The van der Waals surface area contributed by atoms with Crippen LogP contribution >= 0.6 is 19.4 Å². The molecule has 3 aromatic carbocycles. The molecular weight excluding hydrogens is 571 g/mol. The van der Waals surface area contributed by atoms with Crippen molar-refractivity contribution >= 4 is 41.9 Å². The number of anilines is 1. The molecule has 1 aliphatic heterocycles. The molecule has 3 fully saturated rings. The summed E-state index contributed by atoms with van der Waals surface area (Å²) in [6.45, 7) is 2.66. The average Bonchev–Trinajstić information content (AvgIpc) is 3.55. The zero-order valence-corrected chi connectivity index (χ0v) is 25.0. The Morgan fingerprint density at radius 2 is 1.71 bits per heavy atom. The Morgan fingerprint density at radius 1 is 1.05 bits per heavy atom. The van der Waals surface area contributed by atoms with Gasteiger partial charge in [-0.05, 0) is 59.8 Å². The minimum absolute atomic E-state index is 0.00620. The first-order chi connectivity index (χ1) is 20.4. The minimum atomic E-state index is -4.13. The highest BCUT2D eigenvalue weighted by atomic mass is 35.5. The van der Waals surface area contributed by atoms with E-state index >= 15 is 0 Å². The quantitative estimate of drug-likeness (QED) is 0.148. The molecule has 0 radical (unpaired) electrons. The maximum Gasteiger partial charge on any atom is 0.530 e. The van der Waals surface area contributed by atoms with E-state index in [0.29, 0.717) is 23.7 Å². The first-order valence-corrected chi connectivity index (χ1v) is 16.5. The number of fused-ring (bicyclic) bond motifs is 3. The number of aryl methyl sites for hydroxylation is 1. The summed E-state index contributed by atoms with van der Waals surface area (Å²) in [4.78, 5) is 19.3. The van der Waals surface area contributed by atoms with Gasteiger partial charge in [-0.15, -0.1) is 11.6 Å². The third-order valence-electron chi connectivity index (χ3n) is 10.0. The second-order valence-corrected chi connectivity index (χ2v) is 14.3. The number of hydrogen-bond donors (Lipinski definition) is 1. The van der Waals surface area contributed by atoms with E-state index in [0.717, 1.165) is 52.1 Å². The van der Waals surface area contributed by atoms with E-state index in [-0.39, 0.29) is 35.9 Å². The number of halogens is 1. The lowest BCUT2D eigenvalue weighted by Crippen LogP contribution is -2.41. The van der Waals surface area contributed by atoms with Gasteiger partial charge in [-0.25, -0.2) is 4.57 Å². The monoisotopic (exact) mass is 602 g/mol. The van der Waals surface area contributed by atoms with Crippen LogP contribution in [-0.4, -0.2) is 23.3 Å². The van der Waals surface area contributed by atoms with E-state index in [2.05, 4.69) is 4.98 Å². The number of aromatic amines is 1. The van der Waals surface area contributed by atoms with E-state index < -0.39 is 7.82 Å². The smallest absolute Gasteiger partial charge is 0.402 e. The van der Waals surface area contributed by atoms with Gasteiger partial charge < -0.3 is 14.4 Å². The number of carbonyl (C=O) groups is 1. The van der Waals surface area contributed by atoms with Gasteiger partial charge in [0.2, 0.25) is 5.91 Å². The molecule has 3 saturated carbocycles. The summed E-state index contributed by atoms with van der Waals surface area (Å²) in [5.41, 5.74) is 5.28. The fourth-order valence-corrected chi connectivity index (χ4v) is 9.14. The molecule has 9 heteroatoms. The second-order valence-electron chi connectivity index (χ2n) is 12.4. The van der Waals surface area contributed by atoms with Crippen LogP contribution < -0.4 is 9.42 Å². The first kappa shape index (κ1) is 26.5. The highest BCUT2D eigenvalue weighted by molar-refractivity contribution is 7.48. The summed E-state index contributed by atoms with van der Waals surface area (Å²) >= 11 is 6.51. The van der Waals surface area contributed by atoms with Crippen LogP contribution in [0.4, 0.5) is 5.69 Å². The van der Waals surface area contributed by atoms with Crippen molar-refractivity contribution in [1.82, 2.24) is 4.98 Å². The highest BCUT2D eigenvalue weighted by Crippen LogP contribution is 2.94. The summed E-state index contributed by atoms with van der Waals surface area (Å²) in [6.07, 6.45) is 5.09. The van der Waals surface area contributed by atoms with Gasteiger partial charge in [0.25, 0.3) is 0 Å². The molecule has 216 valence electrons. The number of phosphoric acid groups is 1. The molecule has 3 unspecified atom stereocenters. The van der Waals surface area contributed by atoms with Crippen LogP contribution in [-0.2, 0) is 31.6 Å². The van der Waals surface area contributed by atoms with Crippen molar-refractivity contribution in [2.24, 2.45) is 16.7 Å². The molecule has 1 amide bonds. The van der Waals surface area contributed by atoms with E-state index in [4.69, 9.17) is 25.2 Å². The van der Waals surface area contributed by atoms with E-state index in [1.54, 1.807) is 0 Å². The molecule has 3 aliphatic carbocycles. The summed E-state index contributed by atoms with van der Waals surface area (Å²) in [7, 11) is -4.13. The van der Waals surface area contributed by atoms with Crippen LogP contribution in [0, 0.1) is 23.7 Å². The maximum atomic E-state index is 14.3. The van der Waals surface area contributed by atoms with Crippen LogP contribution in [0.15, 0.2) is 72.9 Å².